The molecule has 0 radical (unpaired) electrons. The zero-order valence-corrected chi connectivity index (χ0v) is 9.45. The van der Waals surface area contributed by atoms with Crippen LogP contribution in [0.3, 0.4) is 0 Å². The summed E-state index contributed by atoms with van der Waals surface area (Å²) in [5.41, 5.74) is 1.53. The lowest BCUT2D eigenvalue weighted by atomic mass is 10.2. The topological polar surface area (TPSA) is 55.7 Å². The van der Waals surface area contributed by atoms with Gasteiger partial charge in [-0.2, -0.15) is 5.26 Å². The molecule has 0 atom stereocenters. The highest BCUT2D eigenvalue weighted by Gasteiger charge is 2.20. The van der Waals surface area contributed by atoms with Gasteiger partial charge in [0, 0.05) is 6.07 Å². The SMILES string of the molecule is N#Cc1c2ccccc2[n+]([O-])n1-c1ccccc1. The van der Waals surface area contributed by atoms with Crippen molar-refractivity contribution in [3.63, 3.8) is 0 Å². The van der Waals surface area contributed by atoms with Crippen molar-refractivity contribution in [2.45, 2.75) is 0 Å². The molecule has 86 valence electrons. The fourth-order valence-corrected chi connectivity index (χ4v) is 2.06. The molecule has 3 rings (SSSR count). The standard InChI is InChI=1S/C14H9N3O/c15-10-14-12-8-4-5-9-13(12)17(18)16(14)11-6-2-1-3-7-11/h1-9H. The minimum absolute atomic E-state index is 0.354. The van der Waals surface area contributed by atoms with Crippen molar-refractivity contribution in [3.8, 4) is 11.8 Å². The highest BCUT2D eigenvalue weighted by molar-refractivity contribution is 5.81. The van der Waals surface area contributed by atoms with Crippen LogP contribution in [0.25, 0.3) is 16.6 Å². The molecule has 0 unspecified atom stereocenters. The third-order valence-electron chi connectivity index (χ3n) is 2.87. The van der Waals surface area contributed by atoms with Crippen LogP contribution in [0.15, 0.2) is 54.6 Å². The second-order valence-corrected chi connectivity index (χ2v) is 3.90. The Kier molecular flexibility index (Phi) is 2.24. The quantitative estimate of drug-likeness (QED) is 0.479. The van der Waals surface area contributed by atoms with Crippen molar-refractivity contribution < 1.29 is 4.85 Å². The molecule has 0 saturated carbocycles. The van der Waals surface area contributed by atoms with Gasteiger partial charge >= 0.3 is 0 Å². The van der Waals surface area contributed by atoms with Gasteiger partial charge in [0.05, 0.1) is 5.39 Å². The molecule has 0 bridgehead atoms. The molecule has 4 nitrogen and oxygen atoms in total. The first-order chi connectivity index (χ1) is 8.83. The average molecular weight is 235 g/mol. The predicted molar refractivity (Wildman–Crippen MR) is 67.0 cm³/mol. The van der Waals surface area contributed by atoms with Gasteiger partial charge in [-0.25, -0.2) is 0 Å². The lowest BCUT2D eigenvalue weighted by Gasteiger charge is -2.03. The maximum absolute atomic E-state index is 12.2. The van der Waals surface area contributed by atoms with Gasteiger partial charge in [-0.15, -0.1) is 0 Å². The minimum Gasteiger partial charge on any atom is -0.595 e. The van der Waals surface area contributed by atoms with E-state index in [2.05, 4.69) is 6.07 Å². The fourth-order valence-electron chi connectivity index (χ4n) is 2.06. The Labute approximate surface area is 103 Å². The van der Waals surface area contributed by atoms with E-state index in [0.29, 0.717) is 22.3 Å². The zero-order chi connectivity index (χ0) is 12.5. The first-order valence-electron chi connectivity index (χ1n) is 5.52. The Morgan fingerprint density at radius 1 is 1.00 bits per heavy atom. The average Bonchev–Trinajstić information content (AvgIpc) is 2.73. The molecule has 0 fully saturated rings. The second kappa shape index (κ2) is 3.90. The number of fused-ring (bicyclic) bond motifs is 1. The van der Waals surface area contributed by atoms with E-state index in [1.807, 2.05) is 24.3 Å². The number of hydrogen-bond donors (Lipinski definition) is 0. The molecule has 0 aliphatic heterocycles. The number of rotatable bonds is 1. The highest BCUT2D eigenvalue weighted by atomic mass is 16.5. The van der Waals surface area contributed by atoms with Gasteiger partial charge in [0.1, 0.15) is 11.8 Å². The van der Waals surface area contributed by atoms with Crippen molar-refractivity contribution in [1.29, 1.82) is 5.26 Å². The van der Waals surface area contributed by atoms with Crippen molar-refractivity contribution in [2.24, 2.45) is 0 Å². The van der Waals surface area contributed by atoms with E-state index in [0.717, 1.165) is 4.85 Å². The number of para-hydroxylation sites is 2. The number of nitriles is 1. The third kappa shape index (κ3) is 1.35. The van der Waals surface area contributed by atoms with E-state index in [4.69, 9.17) is 0 Å². The monoisotopic (exact) mass is 235 g/mol. The molecule has 18 heavy (non-hydrogen) atoms. The van der Waals surface area contributed by atoms with Gasteiger partial charge in [0.2, 0.25) is 0 Å². The Bertz CT molecular complexity index is 754. The molecule has 0 spiro atoms. The van der Waals surface area contributed by atoms with Crippen molar-refractivity contribution in [2.75, 3.05) is 0 Å². The molecule has 0 aliphatic carbocycles. The third-order valence-corrected chi connectivity index (χ3v) is 2.87. The van der Waals surface area contributed by atoms with Crippen molar-refractivity contribution in [1.82, 2.24) is 4.68 Å². The van der Waals surface area contributed by atoms with E-state index in [1.54, 1.807) is 30.3 Å². The first kappa shape index (κ1) is 10.4. The van der Waals surface area contributed by atoms with Gasteiger partial charge < -0.3 is 5.21 Å². The van der Waals surface area contributed by atoms with Gasteiger partial charge in [0.25, 0.3) is 5.52 Å². The van der Waals surface area contributed by atoms with Crippen LogP contribution in [0.2, 0.25) is 0 Å². The van der Waals surface area contributed by atoms with E-state index in [-0.39, 0.29) is 0 Å². The molecular weight excluding hydrogens is 226 g/mol. The van der Waals surface area contributed by atoms with Crippen LogP contribution < -0.4 is 4.85 Å². The maximum Gasteiger partial charge on any atom is 0.253 e. The molecule has 0 N–H and O–H groups in total. The summed E-state index contributed by atoms with van der Waals surface area (Å²) in [6, 6.07) is 18.3. The predicted octanol–water partition coefficient (Wildman–Crippen LogP) is 2.14. The maximum atomic E-state index is 12.2. The summed E-state index contributed by atoms with van der Waals surface area (Å²) in [5, 5.41) is 22.2. The zero-order valence-electron chi connectivity index (χ0n) is 9.45. The van der Waals surface area contributed by atoms with Crippen molar-refractivity contribution in [3.05, 3.63) is 65.5 Å². The number of benzene rings is 2. The van der Waals surface area contributed by atoms with Crippen LogP contribution in [0.5, 0.6) is 0 Å². The highest BCUT2D eigenvalue weighted by Crippen LogP contribution is 2.19. The molecule has 4 heteroatoms. The lowest BCUT2D eigenvalue weighted by Crippen LogP contribution is -2.36. The van der Waals surface area contributed by atoms with Gasteiger partial charge in [-0.1, -0.05) is 39.9 Å². The normalized spacial score (nSPS) is 10.4. The number of aromatic nitrogens is 2. The van der Waals surface area contributed by atoms with Crippen molar-refractivity contribution >= 4 is 10.9 Å². The fraction of sp³-hybridized carbons (Fsp3) is 0. The van der Waals surface area contributed by atoms with Gasteiger partial charge in [-0.3, -0.25) is 0 Å². The summed E-state index contributed by atoms with van der Waals surface area (Å²) >= 11 is 0. The smallest absolute Gasteiger partial charge is 0.253 e. The Morgan fingerprint density at radius 3 is 2.39 bits per heavy atom. The van der Waals surface area contributed by atoms with E-state index in [1.165, 1.54) is 4.68 Å². The van der Waals surface area contributed by atoms with Crippen LogP contribution in [-0.4, -0.2) is 4.68 Å². The molecule has 0 aliphatic rings. The summed E-state index contributed by atoms with van der Waals surface area (Å²) in [6.45, 7) is 0. The molecular formula is C14H9N3O. The summed E-state index contributed by atoms with van der Waals surface area (Å²) in [4.78, 5) is 0.753. The van der Waals surface area contributed by atoms with Crippen LogP contribution in [0.4, 0.5) is 0 Å². The Hall–Kier alpha value is -2.80. The van der Waals surface area contributed by atoms with Crippen LogP contribution in [-0.2, 0) is 0 Å². The Morgan fingerprint density at radius 2 is 1.67 bits per heavy atom. The first-order valence-corrected chi connectivity index (χ1v) is 5.52. The summed E-state index contributed by atoms with van der Waals surface area (Å²) in [5.74, 6) is 0. The minimum atomic E-state index is 0.354. The van der Waals surface area contributed by atoms with Gasteiger partial charge in [-0.05, 0) is 18.2 Å². The summed E-state index contributed by atoms with van der Waals surface area (Å²) in [7, 11) is 0. The molecule has 2 aromatic carbocycles. The van der Waals surface area contributed by atoms with Crippen LogP contribution in [0, 0.1) is 16.5 Å². The second-order valence-electron chi connectivity index (χ2n) is 3.90. The summed E-state index contributed by atoms with van der Waals surface area (Å²) < 4.78 is 1.38. The summed E-state index contributed by atoms with van der Waals surface area (Å²) in [6.07, 6.45) is 0. The number of nitrogens with zero attached hydrogens (tertiary/aromatic N) is 3. The molecule has 3 aromatic rings. The number of hydrogen-bond acceptors (Lipinski definition) is 2. The van der Waals surface area contributed by atoms with E-state index < -0.39 is 0 Å². The Balaban J connectivity index is 2.43. The lowest BCUT2D eigenvalue weighted by molar-refractivity contribution is -0.659. The molecule has 1 aromatic heterocycles. The molecule has 1 heterocycles. The molecule has 0 saturated heterocycles. The van der Waals surface area contributed by atoms with Gasteiger partial charge in [0.15, 0.2) is 5.69 Å². The van der Waals surface area contributed by atoms with E-state index >= 15 is 0 Å². The largest absolute Gasteiger partial charge is 0.595 e. The molecule has 0 amide bonds. The van der Waals surface area contributed by atoms with Crippen LogP contribution in [0.1, 0.15) is 5.69 Å². The van der Waals surface area contributed by atoms with Crippen LogP contribution >= 0.6 is 0 Å². The van der Waals surface area contributed by atoms with E-state index in [9.17, 15) is 10.5 Å².